The fraction of sp³-hybridized carbons (Fsp3) is 1.00. The van der Waals surface area contributed by atoms with E-state index in [1.165, 1.54) is 0 Å². The lowest BCUT2D eigenvalue weighted by Gasteiger charge is -2.30. The van der Waals surface area contributed by atoms with Crippen LogP contribution in [0.2, 0.25) is 0 Å². The SMILES string of the molecule is CC(C)C1CN(I)CCO1. The Kier molecular flexibility index (Phi) is 3.39. The summed E-state index contributed by atoms with van der Waals surface area (Å²) in [7, 11) is 0. The largest absolute Gasteiger partial charge is 0.375 e. The molecule has 60 valence electrons. The third kappa shape index (κ3) is 2.36. The molecule has 0 bridgehead atoms. The highest BCUT2D eigenvalue weighted by atomic mass is 127. The van der Waals surface area contributed by atoms with Crippen LogP contribution in [-0.2, 0) is 4.74 Å². The predicted molar refractivity (Wildman–Crippen MR) is 50.2 cm³/mol. The summed E-state index contributed by atoms with van der Waals surface area (Å²) in [5.74, 6) is 0.651. The van der Waals surface area contributed by atoms with Crippen LogP contribution in [0.25, 0.3) is 0 Å². The second kappa shape index (κ2) is 3.88. The Morgan fingerprint density at radius 2 is 2.30 bits per heavy atom. The molecule has 0 N–H and O–H groups in total. The zero-order chi connectivity index (χ0) is 7.56. The summed E-state index contributed by atoms with van der Waals surface area (Å²) >= 11 is 2.36. The van der Waals surface area contributed by atoms with E-state index in [4.69, 9.17) is 4.74 Å². The zero-order valence-electron chi connectivity index (χ0n) is 6.51. The fourth-order valence-corrected chi connectivity index (χ4v) is 1.63. The van der Waals surface area contributed by atoms with Crippen molar-refractivity contribution < 1.29 is 4.74 Å². The first-order chi connectivity index (χ1) is 4.70. The molecule has 1 saturated heterocycles. The first-order valence-electron chi connectivity index (χ1n) is 3.72. The Hall–Kier alpha value is 0.650. The molecule has 0 aliphatic carbocycles. The summed E-state index contributed by atoms with van der Waals surface area (Å²) in [5.41, 5.74) is 0. The van der Waals surface area contributed by atoms with Gasteiger partial charge >= 0.3 is 0 Å². The van der Waals surface area contributed by atoms with Gasteiger partial charge in [-0.15, -0.1) is 0 Å². The monoisotopic (exact) mass is 255 g/mol. The Labute approximate surface area is 76.4 Å². The molecule has 0 aromatic rings. The van der Waals surface area contributed by atoms with Gasteiger partial charge in [-0.3, -0.25) is 0 Å². The normalized spacial score (nSPS) is 29.4. The van der Waals surface area contributed by atoms with Crippen molar-refractivity contribution in [3.8, 4) is 0 Å². The molecule has 0 amide bonds. The average Bonchev–Trinajstić information content (AvgIpc) is 1.88. The van der Waals surface area contributed by atoms with Gasteiger partial charge in [0.25, 0.3) is 0 Å². The van der Waals surface area contributed by atoms with Crippen molar-refractivity contribution >= 4 is 22.9 Å². The standard InChI is InChI=1S/C7H14INO/c1-6(2)7-5-9(8)3-4-10-7/h6-7H,3-5H2,1-2H3. The number of ether oxygens (including phenoxy) is 1. The second-order valence-electron chi connectivity index (χ2n) is 3.02. The van der Waals surface area contributed by atoms with E-state index < -0.39 is 0 Å². The molecule has 1 rings (SSSR count). The number of morpholine rings is 1. The molecule has 0 aromatic carbocycles. The fourth-order valence-electron chi connectivity index (χ4n) is 1.05. The van der Waals surface area contributed by atoms with Crippen LogP contribution >= 0.6 is 22.9 Å². The van der Waals surface area contributed by atoms with E-state index >= 15 is 0 Å². The first-order valence-corrected chi connectivity index (χ1v) is 4.69. The van der Waals surface area contributed by atoms with Crippen molar-refractivity contribution in [1.82, 2.24) is 3.11 Å². The Balaban J connectivity index is 2.32. The molecular formula is C7H14INO. The molecule has 1 aliphatic rings. The van der Waals surface area contributed by atoms with Gasteiger partial charge in [0.05, 0.1) is 12.7 Å². The van der Waals surface area contributed by atoms with Crippen LogP contribution in [0.3, 0.4) is 0 Å². The number of hydrogen-bond acceptors (Lipinski definition) is 2. The molecule has 1 unspecified atom stereocenters. The van der Waals surface area contributed by atoms with Crippen LogP contribution in [0.5, 0.6) is 0 Å². The maximum Gasteiger partial charge on any atom is 0.0733 e. The molecule has 3 heteroatoms. The van der Waals surface area contributed by atoms with Gasteiger partial charge in [-0.25, -0.2) is 3.11 Å². The predicted octanol–water partition coefficient (Wildman–Crippen LogP) is 1.69. The maximum atomic E-state index is 5.56. The zero-order valence-corrected chi connectivity index (χ0v) is 8.67. The van der Waals surface area contributed by atoms with Crippen LogP contribution in [0.15, 0.2) is 0 Å². The van der Waals surface area contributed by atoms with Crippen LogP contribution in [0.4, 0.5) is 0 Å². The van der Waals surface area contributed by atoms with Crippen LogP contribution in [0.1, 0.15) is 13.8 Å². The molecule has 1 fully saturated rings. The number of nitrogens with zero attached hydrogens (tertiary/aromatic N) is 1. The van der Waals surface area contributed by atoms with Crippen molar-refractivity contribution in [3.63, 3.8) is 0 Å². The third-order valence-electron chi connectivity index (χ3n) is 1.79. The van der Waals surface area contributed by atoms with E-state index in [0.29, 0.717) is 12.0 Å². The van der Waals surface area contributed by atoms with E-state index in [1.807, 2.05) is 0 Å². The summed E-state index contributed by atoms with van der Waals surface area (Å²) in [6.45, 7) is 7.47. The summed E-state index contributed by atoms with van der Waals surface area (Å²) in [5, 5.41) is 0. The van der Waals surface area contributed by atoms with Crippen molar-refractivity contribution in [2.75, 3.05) is 19.7 Å². The molecule has 0 saturated carbocycles. The van der Waals surface area contributed by atoms with Gasteiger partial charge in [-0.05, 0) is 5.92 Å². The lowest BCUT2D eigenvalue weighted by molar-refractivity contribution is -0.0190. The average molecular weight is 255 g/mol. The highest BCUT2D eigenvalue weighted by Gasteiger charge is 2.20. The van der Waals surface area contributed by atoms with Gasteiger partial charge in [0.2, 0.25) is 0 Å². The molecule has 10 heavy (non-hydrogen) atoms. The minimum Gasteiger partial charge on any atom is -0.375 e. The van der Waals surface area contributed by atoms with E-state index in [2.05, 4.69) is 39.8 Å². The van der Waals surface area contributed by atoms with Crippen molar-refractivity contribution in [1.29, 1.82) is 0 Å². The van der Waals surface area contributed by atoms with Crippen molar-refractivity contribution in [3.05, 3.63) is 0 Å². The highest BCUT2D eigenvalue weighted by Crippen LogP contribution is 2.15. The molecule has 2 nitrogen and oxygen atoms in total. The van der Waals surface area contributed by atoms with Crippen LogP contribution < -0.4 is 0 Å². The minimum atomic E-state index is 0.450. The molecule has 1 aliphatic heterocycles. The molecule has 1 heterocycles. The van der Waals surface area contributed by atoms with Gasteiger partial charge in [0.1, 0.15) is 0 Å². The number of hydrogen-bond donors (Lipinski definition) is 0. The second-order valence-corrected chi connectivity index (χ2v) is 4.39. The molecule has 0 aromatic heterocycles. The summed E-state index contributed by atoms with van der Waals surface area (Å²) in [4.78, 5) is 0. The van der Waals surface area contributed by atoms with E-state index in [1.54, 1.807) is 0 Å². The Morgan fingerprint density at radius 3 is 2.70 bits per heavy atom. The third-order valence-corrected chi connectivity index (χ3v) is 2.66. The van der Waals surface area contributed by atoms with Gasteiger partial charge in [0, 0.05) is 36.0 Å². The molecular weight excluding hydrogens is 241 g/mol. The quantitative estimate of drug-likeness (QED) is 0.522. The van der Waals surface area contributed by atoms with E-state index in [9.17, 15) is 0 Å². The highest BCUT2D eigenvalue weighted by molar-refractivity contribution is 14.1. The Bertz CT molecular complexity index is 108. The number of rotatable bonds is 1. The first kappa shape index (κ1) is 8.74. The number of halogens is 1. The van der Waals surface area contributed by atoms with Gasteiger partial charge in [-0.1, -0.05) is 13.8 Å². The summed E-state index contributed by atoms with van der Waals surface area (Å²) in [6, 6.07) is 0. The topological polar surface area (TPSA) is 12.5 Å². The van der Waals surface area contributed by atoms with Crippen LogP contribution in [0, 0.1) is 5.92 Å². The van der Waals surface area contributed by atoms with E-state index in [-0.39, 0.29) is 0 Å². The van der Waals surface area contributed by atoms with Gasteiger partial charge < -0.3 is 4.74 Å². The smallest absolute Gasteiger partial charge is 0.0733 e. The lowest BCUT2D eigenvalue weighted by atomic mass is 10.1. The van der Waals surface area contributed by atoms with E-state index in [0.717, 1.165) is 19.7 Å². The molecule has 1 atom stereocenters. The molecule has 0 spiro atoms. The Morgan fingerprint density at radius 1 is 1.60 bits per heavy atom. The summed E-state index contributed by atoms with van der Waals surface area (Å²) < 4.78 is 7.86. The van der Waals surface area contributed by atoms with Gasteiger partial charge in [-0.2, -0.15) is 0 Å². The van der Waals surface area contributed by atoms with Crippen LogP contribution in [-0.4, -0.2) is 28.9 Å². The summed E-state index contributed by atoms with van der Waals surface area (Å²) in [6.07, 6.45) is 0.450. The molecule has 0 radical (unpaired) electrons. The minimum absolute atomic E-state index is 0.450. The van der Waals surface area contributed by atoms with Crippen molar-refractivity contribution in [2.24, 2.45) is 5.92 Å². The lowest BCUT2D eigenvalue weighted by Crippen LogP contribution is -2.39. The maximum absolute atomic E-state index is 5.56. The van der Waals surface area contributed by atoms with Crippen molar-refractivity contribution in [2.45, 2.75) is 20.0 Å². The van der Waals surface area contributed by atoms with Gasteiger partial charge in [0.15, 0.2) is 0 Å².